The van der Waals surface area contributed by atoms with Crippen LogP contribution < -0.4 is 5.32 Å². The van der Waals surface area contributed by atoms with Gasteiger partial charge in [-0.05, 0) is 18.8 Å². The lowest BCUT2D eigenvalue weighted by molar-refractivity contribution is 0.275. The standard InChI is InChI=1S/C16H25ClFN5/c1-5-7-12(11(18)6-2)20-16-19-9-13-15(17)21-14(8-10(3)4)23(13)22-16/h9-12H,5-8H2,1-4H3,(H,20,22)/t11-,12-/m0/s1. The summed E-state index contributed by atoms with van der Waals surface area (Å²) in [7, 11) is 0. The van der Waals surface area contributed by atoms with E-state index in [1.54, 1.807) is 10.7 Å². The quantitative estimate of drug-likeness (QED) is 0.777. The fourth-order valence-electron chi connectivity index (χ4n) is 2.57. The number of nitrogens with zero attached hydrogens (tertiary/aromatic N) is 4. The van der Waals surface area contributed by atoms with Gasteiger partial charge in [0.15, 0.2) is 5.15 Å². The van der Waals surface area contributed by atoms with E-state index in [4.69, 9.17) is 11.6 Å². The molecule has 23 heavy (non-hydrogen) atoms. The first kappa shape index (κ1) is 17.9. The average Bonchev–Trinajstić information content (AvgIpc) is 2.81. The van der Waals surface area contributed by atoms with Crippen LogP contribution in [0.15, 0.2) is 6.20 Å². The molecule has 2 aromatic rings. The molecule has 0 bridgehead atoms. The summed E-state index contributed by atoms with van der Waals surface area (Å²) >= 11 is 6.15. The van der Waals surface area contributed by atoms with Gasteiger partial charge in [0.25, 0.3) is 0 Å². The number of anilines is 1. The van der Waals surface area contributed by atoms with Gasteiger partial charge in [-0.1, -0.05) is 45.7 Å². The Hall–Kier alpha value is -1.43. The number of hydrogen-bond acceptors (Lipinski definition) is 4. The SMILES string of the molecule is CCC[C@H](Nc1ncc2c(Cl)nc(CC(C)C)n2n1)[C@@H](F)CC. The van der Waals surface area contributed by atoms with Crippen molar-refractivity contribution in [1.82, 2.24) is 19.6 Å². The van der Waals surface area contributed by atoms with Crippen LogP contribution in [0.2, 0.25) is 5.15 Å². The summed E-state index contributed by atoms with van der Waals surface area (Å²) in [6.45, 7) is 8.11. The Morgan fingerprint density at radius 2 is 2.09 bits per heavy atom. The van der Waals surface area contributed by atoms with Crippen molar-refractivity contribution in [1.29, 1.82) is 0 Å². The van der Waals surface area contributed by atoms with Crippen LogP contribution in [-0.2, 0) is 6.42 Å². The first-order valence-corrected chi connectivity index (χ1v) is 8.64. The number of nitrogens with one attached hydrogen (secondary N) is 1. The summed E-state index contributed by atoms with van der Waals surface area (Å²) < 4.78 is 15.8. The van der Waals surface area contributed by atoms with E-state index in [2.05, 4.69) is 34.2 Å². The van der Waals surface area contributed by atoms with E-state index < -0.39 is 6.17 Å². The molecule has 0 saturated heterocycles. The molecule has 2 aromatic heterocycles. The van der Waals surface area contributed by atoms with E-state index >= 15 is 0 Å². The Balaban J connectivity index is 2.30. The minimum Gasteiger partial charge on any atom is -0.347 e. The molecular formula is C16H25ClFN5. The highest BCUT2D eigenvalue weighted by atomic mass is 35.5. The highest BCUT2D eigenvalue weighted by molar-refractivity contribution is 6.32. The normalized spacial score (nSPS) is 14.4. The Kier molecular flexibility index (Phi) is 6.16. The van der Waals surface area contributed by atoms with Crippen LogP contribution in [0.3, 0.4) is 0 Å². The maximum atomic E-state index is 14.1. The van der Waals surface area contributed by atoms with E-state index in [0.717, 1.165) is 25.1 Å². The van der Waals surface area contributed by atoms with Crippen LogP contribution in [0.5, 0.6) is 0 Å². The number of fused-ring (bicyclic) bond motifs is 1. The Bertz CT molecular complexity index is 643. The zero-order valence-electron chi connectivity index (χ0n) is 14.2. The van der Waals surface area contributed by atoms with Crippen molar-refractivity contribution >= 4 is 23.1 Å². The lowest BCUT2D eigenvalue weighted by Gasteiger charge is -2.21. The Morgan fingerprint density at radius 3 is 2.70 bits per heavy atom. The van der Waals surface area contributed by atoms with Crippen molar-refractivity contribution in [3.8, 4) is 0 Å². The largest absolute Gasteiger partial charge is 0.347 e. The first-order valence-electron chi connectivity index (χ1n) is 8.26. The van der Waals surface area contributed by atoms with Gasteiger partial charge < -0.3 is 5.32 Å². The van der Waals surface area contributed by atoms with Gasteiger partial charge in [-0.3, -0.25) is 0 Å². The number of rotatable bonds is 8. The average molecular weight is 342 g/mol. The van der Waals surface area contributed by atoms with Crippen molar-refractivity contribution in [2.45, 2.75) is 65.6 Å². The fraction of sp³-hybridized carbons (Fsp3) is 0.688. The molecular weight excluding hydrogens is 317 g/mol. The maximum Gasteiger partial charge on any atom is 0.241 e. The molecule has 0 aliphatic rings. The van der Waals surface area contributed by atoms with E-state index in [9.17, 15) is 4.39 Å². The smallest absolute Gasteiger partial charge is 0.241 e. The second-order valence-corrected chi connectivity index (χ2v) is 6.62. The maximum absolute atomic E-state index is 14.1. The molecule has 0 aromatic carbocycles. The lowest BCUT2D eigenvalue weighted by Crippen LogP contribution is -2.31. The number of alkyl halides is 1. The van der Waals surface area contributed by atoms with E-state index in [1.165, 1.54) is 0 Å². The second kappa shape index (κ2) is 7.90. The summed E-state index contributed by atoms with van der Waals surface area (Å²) in [5.41, 5.74) is 0.673. The van der Waals surface area contributed by atoms with Crippen LogP contribution in [0.1, 0.15) is 52.8 Å². The topological polar surface area (TPSA) is 55.1 Å². The van der Waals surface area contributed by atoms with Gasteiger partial charge in [0, 0.05) is 6.42 Å². The molecule has 1 N–H and O–H groups in total. The summed E-state index contributed by atoms with van der Waals surface area (Å²) in [6, 6.07) is -0.282. The molecule has 2 atom stereocenters. The summed E-state index contributed by atoms with van der Waals surface area (Å²) in [5.74, 6) is 1.64. The fourth-order valence-corrected chi connectivity index (χ4v) is 2.80. The van der Waals surface area contributed by atoms with Crippen LogP contribution in [0, 0.1) is 5.92 Å². The van der Waals surface area contributed by atoms with Crippen molar-refractivity contribution in [3.05, 3.63) is 17.2 Å². The Morgan fingerprint density at radius 1 is 1.35 bits per heavy atom. The lowest BCUT2D eigenvalue weighted by atomic mass is 10.1. The molecule has 5 nitrogen and oxygen atoms in total. The van der Waals surface area contributed by atoms with Crippen LogP contribution >= 0.6 is 11.6 Å². The molecule has 0 aliphatic heterocycles. The van der Waals surface area contributed by atoms with Gasteiger partial charge in [0.05, 0.1) is 12.2 Å². The van der Waals surface area contributed by atoms with E-state index in [1.807, 2.05) is 13.8 Å². The van der Waals surface area contributed by atoms with Crippen molar-refractivity contribution in [2.24, 2.45) is 5.92 Å². The van der Waals surface area contributed by atoms with Gasteiger partial charge in [0.1, 0.15) is 17.5 Å². The number of halogens is 2. The van der Waals surface area contributed by atoms with Crippen molar-refractivity contribution in [2.75, 3.05) is 5.32 Å². The van der Waals surface area contributed by atoms with Crippen molar-refractivity contribution < 1.29 is 4.39 Å². The summed E-state index contributed by atoms with van der Waals surface area (Å²) in [6.07, 6.45) is 3.58. The Labute approximate surface area is 141 Å². The minimum absolute atomic E-state index is 0.282. The third kappa shape index (κ3) is 4.31. The first-order chi connectivity index (χ1) is 11.0. The molecule has 2 heterocycles. The molecule has 0 saturated carbocycles. The predicted octanol–water partition coefficient (Wildman–Crippen LogP) is 4.30. The van der Waals surface area contributed by atoms with E-state index in [-0.39, 0.29) is 6.04 Å². The highest BCUT2D eigenvalue weighted by Crippen LogP contribution is 2.20. The second-order valence-electron chi connectivity index (χ2n) is 6.26. The third-order valence-corrected chi connectivity index (χ3v) is 4.02. The predicted molar refractivity (Wildman–Crippen MR) is 91.8 cm³/mol. The van der Waals surface area contributed by atoms with Crippen LogP contribution in [-0.4, -0.2) is 31.8 Å². The molecule has 7 heteroatoms. The number of imidazole rings is 1. The van der Waals surface area contributed by atoms with Crippen molar-refractivity contribution in [3.63, 3.8) is 0 Å². The zero-order chi connectivity index (χ0) is 17.0. The van der Waals surface area contributed by atoms with Gasteiger partial charge in [-0.2, -0.15) is 0 Å². The molecule has 128 valence electrons. The summed E-state index contributed by atoms with van der Waals surface area (Å²) in [5, 5.41) is 7.99. The minimum atomic E-state index is -0.921. The molecule has 0 spiro atoms. The van der Waals surface area contributed by atoms with Gasteiger partial charge in [-0.25, -0.2) is 18.9 Å². The molecule has 0 fully saturated rings. The van der Waals surface area contributed by atoms with Gasteiger partial charge in [0.2, 0.25) is 5.95 Å². The molecule has 0 unspecified atom stereocenters. The molecule has 2 rings (SSSR count). The molecule has 0 radical (unpaired) electrons. The summed E-state index contributed by atoms with van der Waals surface area (Å²) in [4.78, 5) is 8.63. The van der Waals surface area contributed by atoms with Gasteiger partial charge in [-0.15, -0.1) is 5.10 Å². The zero-order valence-corrected chi connectivity index (χ0v) is 14.9. The highest BCUT2D eigenvalue weighted by Gasteiger charge is 2.20. The van der Waals surface area contributed by atoms with Crippen LogP contribution in [0.25, 0.3) is 5.52 Å². The van der Waals surface area contributed by atoms with E-state index in [0.29, 0.717) is 29.0 Å². The monoisotopic (exact) mass is 341 g/mol. The number of hydrogen-bond donors (Lipinski definition) is 1. The van der Waals surface area contributed by atoms with Crippen LogP contribution in [0.4, 0.5) is 10.3 Å². The number of aromatic nitrogens is 4. The molecule has 0 aliphatic carbocycles. The van der Waals surface area contributed by atoms with Gasteiger partial charge >= 0.3 is 0 Å². The third-order valence-electron chi connectivity index (χ3n) is 3.75. The molecule has 0 amide bonds.